The van der Waals surface area contributed by atoms with Crippen molar-refractivity contribution in [1.82, 2.24) is 4.98 Å². The van der Waals surface area contributed by atoms with Gasteiger partial charge in [0.15, 0.2) is 5.43 Å². The first-order valence-electron chi connectivity index (χ1n) is 8.92. The molecule has 1 unspecified atom stereocenters. The van der Waals surface area contributed by atoms with Crippen LogP contribution in [0, 0.1) is 6.92 Å². The van der Waals surface area contributed by atoms with Gasteiger partial charge in [0.2, 0.25) is 0 Å². The number of pyridine rings is 1. The highest BCUT2D eigenvalue weighted by Crippen LogP contribution is 2.30. The molecule has 4 rings (SSSR count). The van der Waals surface area contributed by atoms with Gasteiger partial charge in [-0.3, -0.25) is 9.78 Å². The Morgan fingerprint density at radius 2 is 1.74 bits per heavy atom. The SMILES string of the molecule is Cc1cc(C(C)Nc2ccccc2)c2oc(-c3ccncc3)cc(=O)c2c1. The highest BCUT2D eigenvalue weighted by molar-refractivity contribution is 5.83. The fourth-order valence-corrected chi connectivity index (χ4v) is 3.28. The van der Waals surface area contributed by atoms with Gasteiger partial charge < -0.3 is 9.73 Å². The smallest absolute Gasteiger partial charge is 0.193 e. The normalized spacial score (nSPS) is 12.1. The zero-order valence-corrected chi connectivity index (χ0v) is 15.3. The lowest BCUT2D eigenvalue weighted by Crippen LogP contribution is -2.10. The van der Waals surface area contributed by atoms with Gasteiger partial charge in [-0.05, 0) is 49.7 Å². The lowest BCUT2D eigenvalue weighted by molar-refractivity contribution is 0.610. The first kappa shape index (κ1) is 17.0. The van der Waals surface area contributed by atoms with E-state index in [9.17, 15) is 4.79 Å². The number of aromatic nitrogens is 1. The molecule has 0 aliphatic rings. The monoisotopic (exact) mass is 356 g/mol. The van der Waals surface area contributed by atoms with Crippen molar-refractivity contribution in [2.75, 3.05) is 5.32 Å². The Morgan fingerprint density at radius 1 is 1.00 bits per heavy atom. The van der Waals surface area contributed by atoms with Gasteiger partial charge in [0, 0.05) is 35.3 Å². The van der Waals surface area contributed by atoms with Gasteiger partial charge in [-0.25, -0.2) is 0 Å². The van der Waals surface area contributed by atoms with E-state index in [1.807, 2.05) is 55.5 Å². The molecule has 0 fully saturated rings. The molecule has 0 aliphatic heterocycles. The fourth-order valence-electron chi connectivity index (χ4n) is 3.28. The molecular formula is C23H20N2O2. The van der Waals surface area contributed by atoms with E-state index in [1.165, 1.54) is 0 Å². The van der Waals surface area contributed by atoms with Gasteiger partial charge in [-0.2, -0.15) is 0 Å². The van der Waals surface area contributed by atoms with Gasteiger partial charge in [-0.15, -0.1) is 0 Å². The van der Waals surface area contributed by atoms with Crippen molar-refractivity contribution in [3.05, 3.63) is 94.4 Å². The molecule has 0 spiro atoms. The van der Waals surface area contributed by atoms with Crippen molar-refractivity contribution in [3.63, 3.8) is 0 Å². The minimum atomic E-state index is -0.0417. The number of benzene rings is 2. The summed E-state index contributed by atoms with van der Waals surface area (Å²) >= 11 is 0. The highest BCUT2D eigenvalue weighted by Gasteiger charge is 2.16. The maximum Gasteiger partial charge on any atom is 0.193 e. The van der Waals surface area contributed by atoms with Crippen LogP contribution in [0.15, 0.2) is 82.3 Å². The van der Waals surface area contributed by atoms with E-state index in [2.05, 4.69) is 23.3 Å². The molecule has 4 heteroatoms. The third kappa shape index (κ3) is 3.47. The first-order valence-corrected chi connectivity index (χ1v) is 8.92. The molecule has 0 saturated heterocycles. The van der Waals surface area contributed by atoms with Gasteiger partial charge in [-0.1, -0.05) is 24.3 Å². The van der Waals surface area contributed by atoms with Crippen LogP contribution in [0.4, 0.5) is 5.69 Å². The van der Waals surface area contributed by atoms with Crippen LogP contribution in [0.25, 0.3) is 22.3 Å². The van der Waals surface area contributed by atoms with Crippen LogP contribution >= 0.6 is 0 Å². The predicted octanol–water partition coefficient (Wildman–Crippen LogP) is 5.34. The third-order valence-corrected chi connectivity index (χ3v) is 4.59. The summed E-state index contributed by atoms with van der Waals surface area (Å²) < 4.78 is 6.21. The van der Waals surface area contributed by atoms with E-state index in [-0.39, 0.29) is 11.5 Å². The van der Waals surface area contributed by atoms with Crippen molar-refractivity contribution in [2.45, 2.75) is 19.9 Å². The highest BCUT2D eigenvalue weighted by atomic mass is 16.3. The molecule has 0 radical (unpaired) electrons. The molecule has 1 atom stereocenters. The van der Waals surface area contributed by atoms with Crippen molar-refractivity contribution in [3.8, 4) is 11.3 Å². The van der Waals surface area contributed by atoms with Crippen LogP contribution in [-0.4, -0.2) is 4.98 Å². The number of hydrogen-bond acceptors (Lipinski definition) is 4. The summed E-state index contributed by atoms with van der Waals surface area (Å²) in [5, 5.41) is 4.09. The molecule has 1 N–H and O–H groups in total. The third-order valence-electron chi connectivity index (χ3n) is 4.59. The summed E-state index contributed by atoms with van der Waals surface area (Å²) in [4.78, 5) is 16.8. The molecule has 0 saturated carbocycles. The van der Waals surface area contributed by atoms with Gasteiger partial charge >= 0.3 is 0 Å². The molecule has 0 aliphatic carbocycles. The maximum absolute atomic E-state index is 12.8. The second kappa shape index (κ2) is 7.08. The zero-order chi connectivity index (χ0) is 18.8. The van der Waals surface area contributed by atoms with E-state index in [4.69, 9.17) is 4.42 Å². The number of fused-ring (bicyclic) bond motifs is 1. The number of nitrogens with zero attached hydrogens (tertiary/aromatic N) is 1. The molecule has 2 heterocycles. The molecule has 4 nitrogen and oxygen atoms in total. The van der Waals surface area contributed by atoms with Gasteiger partial charge in [0.1, 0.15) is 11.3 Å². The number of para-hydroxylation sites is 1. The quantitative estimate of drug-likeness (QED) is 0.536. The van der Waals surface area contributed by atoms with Crippen LogP contribution in [-0.2, 0) is 0 Å². The summed E-state index contributed by atoms with van der Waals surface area (Å²) in [5.74, 6) is 0.548. The molecule has 2 aromatic carbocycles. The van der Waals surface area contributed by atoms with Crippen molar-refractivity contribution in [2.24, 2.45) is 0 Å². The largest absolute Gasteiger partial charge is 0.455 e. The van der Waals surface area contributed by atoms with E-state index in [1.54, 1.807) is 18.5 Å². The van der Waals surface area contributed by atoms with E-state index in [0.717, 1.165) is 22.4 Å². The number of aryl methyl sites for hydroxylation is 1. The topological polar surface area (TPSA) is 55.1 Å². The van der Waals surface area contributed by atoms with E-state index < -0.39 is 0 Å². The number of rotatable bonds is 4. The second-order valence-electron chi connectivity index (χ2n) is 6.67. The molecular weight excluding hydrogens is 336 g/mol. The Bertz CT molecular complexity index is 1140. The van der Waals surface area contributed by atoms with Crippen molar-refractivity contribution >= 4 is 16.7 Å². The molecule has 134 valence electrons. The molecule has 27 heavy (non-hydrogen) atoms. The van der Waals surface area contributed by atoms with Crippen LogP contribution in [0.3, 0.4) is 0 Å². The van der Waals surface area contributed by atoms with Crippen LogP contribution in [0.5, 0.6) is 0 Å². The van der Waals surface area contributed by atoms with Crippen LogP contribution in [0.1, 0.15) is 24.1 Å². The standard InChI is InChI=1S/C23H20N2O2/c1-15-12-19(16(2)25-18-6-4-3-5-7-18)23-20(13-15)21(26)14-22(27-23)17-8-10-24-11-9-17/h3-14,16,25H,1-2H3. The summed E-state index contributed by atoms with van der Waals surface area (Å²) in [7, 11) is 0. The first-order chi connectivity index (χ1) is 13.1. The number of anilines is 1. The molecule has 4 aromatic rings. The predicted molar refractivity (Wildman–Crippen MR) is 109 cm³/mol. The molecule has 0 bridgehead atoms. The average molecular weight is 356 g/mol. The van der Waals surface area contributed by atoms with E-state index in [0.29, 0.717) is 16.7 Å². The lowest BCUT2D eigenvalue weighted by Gasteiger charge is -2.18. The van der Waals surface area contributed by atoms with Crippen molar-refractivity contribution in [1.29, 1.82) is 0 Å². The Hall–Kier alpha value is -3.40. The van der Waals surface area contributed by atoms with Gasteiger partial charge in [0.05, 0.1) is 11.4 Å². The number of hydrogen-bond donors (Lipinski definition) is 1. The summed E-state index contributed by atoms with van der Waals surface area (Å²) in [6, 6.07) is 19.2. The average Bonchev–Trinajstić information content (AvgIpc) is 2.69. The zero-order valence-electron chi connectivity index (χ0n) is 15.3. The molecule has 2 aromatic heterocycles. The van der Waals surface area contributed by atoms with E-state index >= 15 is 0 Å². The Labute approximate surface area is 157 Å². The van der Waals surface area contributed by atoms with Crippen molar-refractivity contribution < 1.29 is 4.42 Å². The second-order valence-corrected chi connectivity index (χ2v) is 6.67. The fraction of sp³-hybridized carbons (Fsp3) is 0.130. The van der Waals surface area contributed by atoms with Crippen LogP contribution in [0.2, 0.25) is 0 Å². The van der Waals surface area contributed by atoms with Crippen LogP contribution < -0.4 is 10.7 Å². The molecule has 0 amide bonds. The summed E-state index contributed by atoms with van der Waals surface area (Å²) in [5.41, 5.74) is 4.42. The Balaban J connectivity index is 1.86. The summed E-state index contributed by atoms with van der Waals surface area (Å²) in [6.45, 7) is 4.06. The maximum atomic E-state index is 12.8. The number of nitrogens with one attached hydrogen (secondary N) is 1. The minimum absolute atomic E-state index is 0.0226. The minimum Gasteiger partial charge on any atom is -0.455 e. The lowest BCUT2D eigenvalue weighted by atomic mass is 10.0. The summed E-state index contributed by atoms with van der Waals surface area (Å²) in [6.07, 6.45) is 3.38. The Morgan fingerprint density at radius 3 is 2.48 bits per heavy atom. The Kier molecular flexibility index (Phi) is 4.47. The van der Waals surface area contributed by atoms with Gasteiger partial charge in [0.25, 0.3) is 0 Å².